The molecule has 2 N–H and O–H groups in total. The first-order valence-corrected chi connectivity index (χ1v) is 10.8. The number of likely N-dealkylation sites (tertiary alicyclic amines) is 1. The van der Waals surface area contributed by atoms with E-state index in [1.54, 1.807) is 0 Å². The van der Waals surface area contributed by atoms with E-state index in [0.29, 0.717) is 19.0 Å². The molecule has 1 unspecified atom stereocenters. The Hall–Kier alpha value is -2.70. The van der Waals surface area contributed by atoms with Crippen LogP contribution in [0.5, 0.6) is 0 Å². The van der Waals surface area contributed by atoms with Crippen LogP contribution in [0, 0.1) is 13.8 Å². The zero-order valence-electron chi connectivity index (χ0n) is 17.7. The monoisotopic (exact) mass is 403 g/mol. The number of imidazole rings is 1. The molecule has 0 amide bonds. The Bertz CT molecular complexity index is 1170. The Morgan fingerprint density at radius 3 is 2.77 bits per heavy atom. The highest BCUT2D eigenvalue weighted by atomic mass is 16.3. The van der Waals surface area contributed by atoms with Crippen LogP contribution in [-0.4, -0.2) is 55.3 Å². The van der Waals surface area contributed by atoms with Crippen LogP contribution in [-0.2, 0) is 6.54 Å². The van der Waals surface area contributed by atoms with Crippen LogP contribution in [0.4, 0.5) is 0 Å². The van der Waals surface area contributed by atoms with E-state index >= 15 is 0 Å². The number of benzene rings is 1. The molecule has 1 saturated heterocycles. The van der Waals surface area contributed by atoms with Crippen LogP contribution in [0.15, 0.2) is 43.0 Å². The first-order chi connectivity index (χ1) is 14.6. The third kappa shape index (κ3) is 3.61. The van der Waals surface area contributed by atoms with E-state index in [0.717, 1.165) is 42.6 Å². The van der Waals surface area contributed by atoms with Gasteiger partial charge < -0.3 is 19.6 Å². The van der Waals surface area contributed by atoms with Gasteiger partial charge in [0, 0.05) is 24.3 Å². The van der Waals surface area contributed by atoms with Gasteiger partial charge in [0.2, 0.25) is 0 Å². The average molecular weight is 404 g/mol. The molecular weight excluding hydrogens is 374 g/mol. The molecule has 156 valence electrons. The second kappa shape index (κ2) is 7.85. The summed E-state index contributed by atoms with van der Waals surface area (Å²) in [5, 5.41) is 12.0. The van der Waals surface area contributed by atoms with E-state index in [2.05, 4.69) is 62.7 Å². The zero-order chi connectivity index (χ0) is 20.7. The van der Waals surface area contributed by atoms with Crippen LogP contribution >= 0.6 is 0 Å². The normalized spacial score (nSPS) is 17.2. The van der Waals surface area contributed by atoms with Gasteiger partial charge in [-0.15, -0.1) is 0 Å². The first kappa shape index (κ1) is 19.3. The number of aliphatic hydroxyl groups excluding tert-OH is 1. The summed E-state index contributed by atoms with van der Waals surface area (Å²) < 4.78 is 2.08. The molecule has 0 saturated carbocycles. The standard InChI is InChI=1S/C24H29N5O/c1-16-10-22-23(11-17(16)2)29(15-27-22)14-19(30)13-28-8-5-18(6-9-28)21-12-26-24-20(21)4-3-7-25-24/h3-4,7,10-12,15,18-19,30H,5-6,8-9,13-14H2,1-2H3,(H,25,26). The lowest BCUT2D eigenvalue weighted by Gasteiger charge is -2.33. The van der Waals surface area contributed by atoms with Crippen molar-refractivity contribution in [1.29, 1.82) is 0 Å². The third-order valence-electron chi connectivity index (χ3n) is 6.62. The molecule has 30 heavy (non-hydrogen) atoms. The summed E-state index contributed by atoms with van der Waals surface area (Å²) in [5.74, 6) is 0.556. The average Bonchev–Trinajstić information content (AvgIpc) is 3.34. The molecule has 1 aliphatic heterocycles. The van der Waals surface area contributed by atoms with Crippen molar-refractivity contribution in [2.75, 3.05) is 19.6 Å². The van der Waals surface area contributed by atoms with Gasteiger partial charge in [0.25, 0.3) is 0 Å². The number of fused-ring (bicyclic) bond motifs is 2. The van der Waals surface area contributed by atoms with Gasteiger partial charge in [-0.1, -0.05) is 0 Å². The summed E-state index contributed by atoms with van der Waals surface area (Å²) in [6.07, 6.45) is 7.63. The Morgan fingerprint density at radius 1 is 1.13 bits per heavy atom. The van der Waals surface area contributed by atoms with E-state index in [1.165, 1.54) is 22.1 Å². The lowest BCUT2D eigenvalue weighted by atomic mass is 9.89. The van der Waals surface area contributed by atoms with Crippen molar-refractivity contribution >= 4 is 22.1 Å². The third-order valence-corrected chi connectivity index (χ3v) is 6.62. The molecule has 4 aromatic rings. The predicted octanol–water partition coefficient (Wildman–Crippen LogP) is 3.77. The van der Waals surface area contributed by atoms with E-state index in [1.807, 2.05) is 18.6 Å². The van der Waals surface area contributed by atoms with E-state index < -0.39 is 6.10 Å². The molecule has 0 spiro atoms. The maximum Gasteiger partial charge on any atom is 0.137 e. The van der Waals surface area contributed by atoms with Gasteiger partial charge in [-0.05, 0) is 86.7 Å². The number of piperidine rings is 1. The number of hydrogen-bond acceptors (Lipinski definition) is 4. The Labute approximate surface area is 176 Å². The molecule has 0 radical (unpaired) electrons. The summed E-state index contributed by atoms with van der Waals surface area (Å²) in [7, 11) is 0. The summed E-state index contributed by atoms with van der Waals surface area (Å²) in [6, 6.07) is 8.46. The van der Waals surface area contributed by atoms with Gasteiger partial charge in [0.1, 0.15) is 5.65 Å². The number of aromatic nitrogens is 4. The van der Waals surface area contributed by atoms with Gasteiger partial charge >= 0.3 is 0 Å². The number of nitrogens with zero attached hydrogens (tertiary/aromatic N) is 4. The van der Waals surface area contributed by atoms with Crippen molar-refractivity contribution in [3.05, 3.63) is 59.7 Å². The van der Waals surface area contributed by atoms with Crippen LogP contribution in [0.25, 0.3) is 22.1 Å². The molecule has 1 atom stereocenters. The number of H-pyrrole nitrogens is 1. The molecule has 3 aromatic heterocycles. The second-order valence-electron chi connectivity index (χ2n) is 8.69. The summed E-state index contributed by atoms with van der Waals surface area (Å²) in [6.45, 7) is 7.53. The van der Waals surface area contributed by atoms with Gasteiger partial charge in [-0.25, -0.2) is 9.97 Å². The van der Waals surface area contributed by atoms with Crippen LogP contribution in [0.2, 0.25) is 0 Å². The Kier molecular flexibility index (Phi) is 5.05. The zero-order valence-corrected chi connectivity index (χ0v) is 17.7. The van der Waals surface area contributed by atoms with E-state index in [-0.39, 0.29) is 0 Å². The number of pyridine rings is 1. The number of aromatic amines is 1. The van der Waals surface area contributed by atoms with Gasteiger partial charge in [-0.3, -0.25) is 0 Å². The van der Waals surface area contributed by atoms with Crippen LogP contribution < -0.4 is 0 Å². The summed E-state index contributed by atoms with van der Waals surface area (Å²) in [4.78, 5) is 14.6. The fourth-order valence-corrected chi connectivity index (χ4v) is 4.78. The topological polar surface area (TPSA) is 70.0 Å². The summed E-state index contributed by atoms with van der Waals surface area (Å²) >= 11 is 0. The molecule has 0 bridgehead atoms. The van der Waals surface area contributed by atoms with Crippen molar-refractivity contribution < 1.29 is 5.11 Å². The fraction of sp³-hybridized carbons (Fsp3) is 0.417. The molecule has 6 heteroatoms. The van der Waals surface area contributed by atoms with Crippen molar-refractivity contribution in [3.63, 3.8) is 0 Å². The Balaban J connectivity index is 1.20. The minimum atomic E-state index is -0.405. The second-order valence-corrected chi connectivity index (χ2v) is 8.69. The predicted molar refractivity (Wildman–Crippen MR) is 120 cm³/mol. The maximum atomic E-state index is 10.7. The van der Waals surface area contributed by atoms with Gasteiger partial charge in [-0.2, -0.15) is 0 Å². The molecule has 6 nitrogen and oxygen atoms in total. The minimum Gasteiger partial charge on any atom is -0.390 e. The van der Waals surface area contributed by atoms with Gasteiger partial charge in [0.05, 0.1) is 30.0 Å². The quantitative estimate of drug-likeness (QED) is 0.532. The smallest absolute Gasteiger partial charge is 0.137 e. The number of aliphatic hydroxyl groups is 1. The number of β-amino-alcohol motifs (C(OH)–C–C–N with tert-alkyl or cyclic N) is 1. The Morgan fingerprint density at radius 2 is 1.93 bits per heavy atom. The maximum absolute atomic E-state index is 10.7. The van der Waals surface area contributed by atoms with Crippen molar-refractivity contribution in [1.82, 2.24) is 24.4 Å². The molecule has 1 fully saturated rings. The van der Waals surface area contributed by atoms with Crippen LogP contribution in [0.1, 0.15) is 35.4 Å². The molecular formula is C24H29N5O. The first-order valence-electron chi connectivity index (χ1n) is 10.8. The fourth-order valence-electron chi connectivity index (χ4n) is 4.78. The highest BCUT2D eigenvalue weighted by molar-refractivity contribution is 5.80. The molecule has 0 aliphatic carbocycles. The van der Waals surface area contributed by atoms with Crippen molar-refractivity contribution in [2.45, 2.75) is 45.3 Å². The number of nitrogens with one attached hydrogen (secondary N) is 1. The van der Waals surface area contributed by atoms with Crippen molar-refractivity contribution in [3.8, 4) is 0 Å². The molecule has 1 aromatic carbocycles. The number of hydrogen-bond donors (Lipinski definition) is 2. The van der Waals surface area contributed by atoms with E-state index in [9.17, 15) is 5.11 Å². The van der Waals surface area contributed by atoms with Crippen LogP contribution in [0.3, 0.4) is 0 Å². The lowest BCUT2D eigenvalue weighted by molar-refractivity contribution is 0.0857. The largest absolute Gasteiger partial charge is 0.390 e. The molecule has 5 rings (SSSR count). The van der Waals surface area contributed by atoms with Gasteiger partial charge in [0.15, 0.2) is 0 Å². The highest BCUT2D eigenvalue weighted by Crippen LogP contribution is 2.32. The number of aryl methyl sites for hydroxylation is 2. The molecule has 1 aliphatic rings. The molecule has 4 heterocycles. The SMILES string of the molecule is Cc1cc2ncn(CC(O)CN3CCC(c4c[nH]c5ncccc45)CC3)c2cc1C. The lowest BCUT2D eigenvalue weighted by Crippen LogP contribution is -2.39. The van der Waals surface area contributed by atoms with E-state index in [4.69, 9.17) is 0 Å². The summed E-state index contributed by atoms with van der Waals surface area (Å²) in [5.41, 5.74) is 6.97. The van der Waals surface area contributed by atoms with Crippen molar-refractivity contribution in [2.24, 2.45) is 0 Å². The minimum absolute atomic E-state index is 0.405. The number of rotatable bonds is 5. The highest BCUT2D eigenvalue weighted by Gasteiger charge is 2.24.